The molecule has 1 aromatic rings. The van der Waals surface area contributed by atoms with Crippen LogP contribution in [0.3, 0.4) is 0 Å². The van der Waals surface area contributed by atoms with E-state index in [1.165, 1.54) is 19.2 Å². The molecule has 98 valence electrons. The summed E-state index contributed by atoms with van der Waals surface area (Å²) in [6, 6.07) is 2.94. The summed E-state index contributed by atoms with van der Waals surface area (Å²) in [5.74, 6) is -0.101. The number of halogens is 1. The molecule has 0 amide bonds. The zero-order valence-electron chi connectivity index (χ0n) is 9.81. The summed E-state index contributed by atoms with van der Waals surface area (Å²) >= 11 is 3.31. The van der Waals surface area contributed by atoms with Crippen LogP contribution in [0.25, 0.3) is 0 Å². The van der Waals surface area contributed by atoms with Gasteiger partial charge in [-0.1, -0.05) is 0 Å². The fraction of sp³-hybridized carbons (Fsp3) is 0.417. The Bertz CT molecular complexity index is 454. The number of carboxylic acids is 1. The van der Waals surface area contributed by atoms with Gasteiger partial charge < -0.3 is 19.3 Å². The number of hydrogen-bond donors (Lipinski definition) is 1. The molecule has 1 unspecified atom stereocenters. The Balaban J connectivity index is 2.30. The van der Waals surface area contributed by atoms with E-state index in [9.17, 15) is 4.79 Å². The van der Waals surface area contributed by atoms with E-state index in [4.69, 9.17) is 19.3 Å². The average Bonchev–Trinajstić information content (AvgIpc) is 2.84. The number of benzene rings is 1. The smallest absolute Gasteiger partial charge is 0.335 e. The van der Waals surface area contributed by atoms with Crippen LogP contribution in [0.4, 0.5) is 0 Å². The van der Waals surface area contributed by atoms with E-state index < -0.39 is 5.97 Å². The second kappa shape index (κ2) is 5.58. The van der Waals surface area contributed by atoms with Gasteiger partial charge in [0.1, 0.15) is 6.10 Å². The number of aromatic carboxylic acids is 1. The van der Waals surface area contributed by atoms with E-state index in [0.717, 1.165) is 6.42 Å². The average molecular weight is 317 g/mol. The van der Waals surface area contributed by atoms with Crippen molar-refractivity contribution in [1.29, 1.82) is 0 Å². The van der Waals surface area contributed by atoms with Crippen LogP contribution in [-0.2, 0) is 4.74 Å². The number of carbonyl (C=O) groups is 1. The predicted molar refractivity (Wildman–Crippen MR) is 67.5 cm³/mol. The van der Waals surface area contributed by atoms with Crippen molar-refractivity contribution in [3.8, 4) is 11.5 Å². The molecule has 1 aromatic carbocycles. The van der Waals surface area contributed by atoms with Crippen molar-refractivity contribution in [3.05, 3.63) is 22.2 Å². The van der Waals surface area contributed by atoms with Crippen LogP contribution < -0.4 is 9.47 Å². The van der Waals surface area contributed by atoms with Crippen molar-refractivity contribution in [2.24, 2.45) is 0 Å². The molecule has 6 heteroatoms. The Morgan fingerprint density at radius 1 is 1.56 bits per heavy atom. The van der Waals surface area contributed by atoms with Gasteiger partial charge in [-0.3, -0.25) is 0 Å². The Morgan fingerprint density at radius 2 is 2.33 bits per heavy atom. The summed E-state index contributed by atoms with van der Waals surface area (Å²) in [6.07, 6.45) is 0.793. The molecule has 0 saturated carbocycles. The highest BCUT2D eigenvalue weighted by molar-refractivity contribution is 9.10. The lowest BCUT2D eigenvalue weighted by atomic mass is 10.2. The van der Waals surface area contributed by atoms with Crippen molar-refractivity contribution < 1.29 is 24.1 Å². The first-order valence-corrected chi connectivity index (χ1v) is 6.26. The first kappa shape index (κ1) is 13.2. The lowest BCUT2D eigenvalue weighted by molar-refractivity contribution is 0.0696. The third kappa shape index (κ3) is 2.76. The summed E-state index contributed by atoms with van der Waals surface area (Å²) < 4.78 is 16.7. The molecule has 1 N–H and O–H groups in total. The molecule has 0 spiro atoms. The van der Waals surface area contributed by atoms with Crippen LogP contribution in [0.1, 0.15) is 16.8 Å². The summed E-state index contributed by atoms with van der Waals surface area (Å²) in [4.78, 5) is 10.9. The minimum absolute atomic E-state index is 0.0223. The highest BCUT2D eigenvalue weighted by Crippen LogP contribution is 2.38. The maximum Gasteiger partial charge on any atom is 0.335 e. The standard InChI is InChI=1S/C12H13BrO5/c1-16-10-5-7(12(14)15)4-9(13)11(10)18-8-2-3-17-6-8/h4-5,8H,2-3,6H2,1H3,(H,14,15). The van der Waals surface area contributed by atoms with Crippen LogP contribution in [0.5, 0.6) is 11.5 Å². The van der Waals surface area contributed by atoms with Crippen molar-refractivity contribution in [3.63, 3.8) is 0 Å². The molecule has 1 saturated heterocycles. The number of carboxylic acid groups (broad SMARTS) is 1. The molecular formula is C12H13BrO5. The van der Waals surface area contributed by atoms with Gasteiger partial charge in [0, 0.05) is 6.42 Å². The Morgan fingerprint density at radius 3 is 2.89 bits per heavy atom. The zero-order chi connectivity index (χ0) is 13.1. The van der Waals surface area contributed by atoms with Gasteiger partial charge in [-0.25, -0.2) is 4.79 Å². The van der Waals surface area contributed by atoms with Gasteiger partial charge in [0.05, 0.1) is 30.4 Å². The Kier molecular flexibility index (Phi) is 4.08. The number of ether oxygens (including phenoxy) is 3. The van der Waals surface area contributed by atoms with Gasteiger partial charge in [-0.05, 0) is 28.1 Å². The maximum atomic E-state index is 10.9. The molecule has 0 aromatic heterocycles. The van der Waals surface area contributed by atoms with Gasteiger partial charge in [0.2, 0.25) is 0 Å². The second-order valence-electron chi connectivity index (χ2n) is 3.90. The summed E-state index contributed by atoms with van der Waals surface area (Å²) in [6.45, 7) is 1.22. The van der Waals surface area contributed by atoms with Gasteiger partial charge in [0.15, 0.2) is 11.5 Å². The molecule has 1 heterocycles. The van der Waals surface area contributed by atoms with Gasteiger partial charge in [-0.2, -0.15) is 0 Å². The SMILES string of the molecule is COc1cc(C(=O)O)cc(Br)c1OC1CCOC1. The Labute approximate surface area is 113 Å². The monoisotopic (exact) mass is 316 g/mol. The number of hydrogen-bond acceptors (Lipinski definition) is 4. The van der Waals surface area contributed by atoms with Crippen molar-refractivity contribution in [1.82, 2.24) is 0 Å². The van der Waals surface area contributed by atoms with E-state index >= 15 is 0 Å². The minimum atomic E-state index is -1.01. The van der Waals surface area contributed by atoms with E-state index in [1.807, 2.05) is 0 Å². The van der Waals surface area contributed by atoms with Crippen molar-refractivity contribution >= 4 is 21.9 Å². The fourth-order valence-corrected chi connectivity index (χ4v) is 2.27. The van der Waals surface area contributed by atoms with Crippen LogP contribution in [-0.4, -0.2) is 37.5 Å². The van der Waals surface area contributed by atoms with Crippen molar-refractivity contribution in [2.45, 2.75) is 12.5 Å². The zero-order valence-corrected chi connectivity index (χ0v) is 11.4. The van der Waals surface area contributed by atoms with Gasteiger partial charge >= 0.3 is 5.97 Å². The first-order chi connectivity index (χ1) is 8.61. The lowest BCUT2D eigenvalue weighted by Crippen LogP contribution is -2.16. The number of methoxy groups -OCH3 is 1. The van der Waals surface area contributed by atoms with E-state index in [1.54, 1.807) is 0 Å². The lowest BCUT2D eigenvalue weighted by Gasteiger charge is -2.16. The molecule has 1 atom stereocenters. The topological polar surface area (TPSA) is 65.0 Å². The quantitative estimate of drug-likeness (QED) is 0.923. The molecule has 2 rings (SSSR count). The third-order valence-corrected chi connectivity index (χ3v) is 3.24. The molecule has 5 nitrogen and oxygen atoms in total. The molecule has 0 aliphatic carbocycles. The van der Waals surface area contributed by atoms with Crippen molar-refractivity contribution in [2.75, 3.05) is 20.3 Å². The molecule has 0 bridgehead atoms. The van der Waals surface area contributed by atoms with Gasteiger partial charge in [-0.15, -0.1) is 0 Å². The molecular weight excluding hydrogens is 304 g/mol. The molecule has 1 fully saturated rings. The third-order valence-electron chi connectivity index (χ3n) is 2.65. The fourth-order valence-electron chi connectivity index (χ4n) is 1.73. The highest BCUT2D eigenvalue weighted by atomic mass is 79.9. The predicted octanol–water partition coefficient (Wildman–Crippen LogP) is 2.32. The van der Waals surface area contributed by atoms with Gasteiger partial charge in [0.25, 0.3) is 0 Å². The van der Waals surface area contributed by atoms with E-state index in [-0.39, 0.29) is 11.7 Å². The first-order valence-electron chi connectivity index (χ1n) is 5.47. The second-order valence-corrected chi connectivity index (χ2v) is 4.75. The van der Waals surface area contributed by atoms with Crippen LogP contribution in [0.15, 0.2) is 16.6 Å². The summed E-state index contributed by atoms with van der Waals surface area (Å²) in [5, 5.41) is 8.97. The minimum Gasteiger partial charge on any atom is -0.493 e. The molecule has 18 heavy (non-hydrogen) atoms. The summed E-state index contributed by atoms with van der Waals surface area (Å²) in [5.41, 5.74) is 0.147. The van der Waals surface area contributed by atoms with E-state index in [0.29, 0.717) is 29.2 Å². The number of rotatable bonds is 4. The summed E-state index contributed by atoms with van der Waals surface area (Å²) in [7, 11) is 1.48. The van der Waals surface area contributed by atoms with E-state index in [2.05, 4.69) is 15.9 Å². The highest BCUT2D eigenvalue weighted by Gasteiger charge is 2.22. The van der Waals surface area contributed by atoms with Crippen LogP contribution in [0.2, 0.25) is 0 Å². The largest absolute Gasteiger partial charge is 0.493 e. The normalized spacial score (nSPS) is 18.7. The van der Waals surface area contributed by atoms with Crippen LogP contribution >= 0.6 is 15.9 Å². The Hall–Kier alpha value is -1.27. The molecule has 1 aliphatic heterocycles. The van der Waals surface area contributed by atoms with Crippen LogP contribution in [0, 0.1) is 0 Å². The molecule has 0 radical (unpaired) electrons. The molecule has 1 aliphatic rings. The maximum absolute atomic E-state index is 10.9.